The maximum Gasteiger partial charge on any atom is 0.410 e. The first-order valence-electron chi connectivity index (χ1n) is 11.4. The molecule has 32 heavy (non-hydrogen) atoms. The zero-order valence-corrected chi connectivity index (χ0v) is 19.5. The minimum Gasteiger partial charge on any atom is -0.444 e. The Morgan fingerprint density at radius 3 is 2.50 bits per heavy atom. The first-order valence-corrected chi connectivity index (χ1v) is 11.4. The molecule has 0 radical (unpaired) electrons. The number of carbonyl (C=O) groups excluding carboxylic acids is 1. The summed E-state index contributed by atoms with van der Waals surface area (Å²) in [6, 6.07) is 6.56. The van der Waals surface area contributed by atoms with Crippen LogP contribution >= 0.6 is 0 Å². The smallest absolute Gasteiger partial charge is 0.410 e. The van der Waals surface area contributed by atoms with Crippen molar-refractivity contribution in [1.29, 1.82) is 0 Å². The third kappa shape index (κ3) is 5.28. The number of hydrogen-bond acceptors (Lipinski definition) is 6. The van der Waals surface area contributed by atoms with E-state index < -0.39 is 5.60 Å². The predicted octanol–water partition coefficient (Wildman–Crippen LogP) is 4.70. The van der Waals surface area contributed by atoms with Crippen LogP contribution in [0.4, 0.5) is 9.18 Å². The van der Waals surface area contributed by atoms with Crippen LogP contribution in [0.1, 0.15) is 76.7 Å². The van der Waals surface area contributed by atoms with Crippen molar-refractivity contribution in [1.82, 2.24) is 19.9 Å². The van der Waals surface area contributed by atoms with Gasteiger partial charge in [-0.25, -0.2) is 9.18 Å². The lowest BCUT2D eigenvalue weighted by molar-refractivity contribution is -0.0210. The van der Waals surface area contributed by atoms with Crippen LogP contribution in [0.15, 0.2) is 28.8 Å². The summed E-state index contributed by atoms with van der Waals surface area (Å²) in [5.41, 5.74) is 0.452. The summed E-state index contributed by atoms with van der Waals surface area (Å²) in [6.45, 7) is 11.0. The Morgan fingerprint density at radius 1 is 1.19 bits per heavy atom. The second kappa shape index (κ2) is 8.81. The van der Waals surface area contributed by atoms with E-state index in [1.165, 1.54) is 12.1 Å². The standard InChI is InChI=1S/C24H33FN4O3/c1-15-14-29(23(30)31-24(3,4)5)16(2)13-28(15)20(17-8-10-19(25)11-9-17)12-21-26-22(27-32-21)18-6-7-18/h8-11,15-16,18,20H,6-7,12-14H2,1-5H3/t15-,16-,20?/m0/s1. The van der Waals surface area contributed by atoms with Gasteiger partial charge in [0.1, 0.15) is 11.4 Å². The Kier molecular flexibility index (Phi) is 6.25. The Morgan fingerprint density at radius 2 is 1.88 bits per heavy atom. The summed E-state index contributed by atoms with van der Waals surface area (Å²) < 4.78 is 24.8. The van der Waals surface area contributed by atoms with E-state index in [0.29, 0.717) is 31.3 Å². The molecule has 174 valence electrons. The number of rotatable bonds is 5. The van der Waals surface area contributed by atoms with E-state index in [0.717, 1.165) is 24.2 Å². The molecule has 7 nitrogen and oxygen atoms in total. The SMILES string of the molecule is C[C@H]1CN(C(Cc2nc(C3CC3)no2)c2ccc(F)cc2)[C@@H](C)CN1C(=O)OC(C)(C)C. The van der Waals surface area contributed by atoms with Crippen molar-refractivity contribution < 1.29 is 18.4 Å². The van der Waals surface area contributed by atoms with E-state index in [1.807, 2.05) is 39.8 Å². The summed E-state index contributed by atoms with van der Waals surface area (Å²) >= 11 is 0. The molecule has 3 atom stereocenters. The number of halogens is 1. The Hall–Kier alpha value is -2.48. The Bertz CT molecular complexity index is 935. The summed E-state index contributed by atoms with van der Waals surface area (Å²) in [5, 5.41) is 4.15. The fourth-order valence-corrected chi connectivity index (χ4v) is 4.30. The second-order valence-electron chi connectivity index (χ2n) is 10.1. The number of aromatic nitrogens is 2. The molecule has 4 rings (SSSR count). The van der Waals surface area contributed by atoms with Crippen molar-refractivity contribution in [3.63, 3.8) is 0 Å². The molecule has 2 heterocycles. The van der Waals surface area contributed by atoms with Gasteiger partial charge in [0, 0.05) is 43.6 Å². The lowest BCUT2D eigenvalue weighted by atomic mass is 9.97. The van der Waals surface area contributed by atoms with Gasteiger partial charge in [-0.1, -0.05) is 17.3 Å². The molecule has 8 heteroatoms. The van der Waals surface area contributed by atoms with Crippen LogP contribution < -0.4 is 0 Å². The van der Waals surface area contributed by atoms with E-state index in [2.05, 4.69) is 22.0 Å². The normalized spacial score (nSPS) is 23.2. The molecule has 1 saturated carbocycles. The van der Waals surface area contributed by atoms with Crippen LogP contribution in [0.3, 0.4) is 0 Å². The highest BCUT2D eigenvalue weighted by molar-refractivity contribution is 5.68. The molecule has 1 aromatic heterocycles. The summed E-state index contributed by atoms with van der Waals surface area (Å²) in [6.07, 6.45) is 2.47. The van der Waals surface area contributed by atoms with E-state index in [9.17, 15) is 9.18 Å². The van der Waals surface area contributed by atoms with Gasteiger partial charge in [-0.05, 0) is 65.2 Å². The third-order valence-electron chi connectivity index (χ3n) is 6.11. The van der Waals surface area contributed by atoms with Gasteiger partial charge in [0.25, 0.3) is 0 Å². The van der Waals surface area contributed by atoms with Crippen LogP contribution in [0.25, 0.3) is 0 Å². The van der Waals surface area contributed by atoms with Gasteiger partial charge in [-0.15, -0.1) is 0 Å². The summed E-state index contributed by atoms with van der Waals surface area (Å²) in [7, 11) is 0. The molecule has 2 fully saturated rings. The monoisotopic (exact) mass is 444 g/mol. The number of ether oxygens (including phenoxy) is 1. The van der Waals surface area contributed by atoms with Crippen molar-refractivity contribution in [2.75, 3.05) is 13.1 Å². The van der Waals surface area contributed by atoms with Gasteiger partial charge in [0.15, 0.2) is 5.82 Å². The van der Waals surface area contributed by atoms with Crippen molar-refractivity contribution in [2.24, 2.45) is 0 Å². The number of benzene rings is 1. The first kappa shape index (κ1) is 22.7. The summed E-state index contributed by atoms with van der Waals surface area (Å²) in [4.78, 5) is 21.5. The topological polar surface area (TPSA) is 71.7 Å². The number of carbonyl (C=O) groups is 1. The minimum absolute atomic E-state index is 0.0336. The predicted molar refractivity (Wildman–Crippen MR) is 118 cm³/mol. The Labute approximate surface area is 188 Å². The van der Waals surface area contributed by atoms with Crippen LogP contribution in [0, 0.1) is 5.82 Å². The van der Waals surface area contributed by atoms with Crippen molar-refractivity contribution in [3.8, 4) is 0 Å². The number of hydrogen-bond donors (Lipinski definition) is 0. The van der Waals surface area contributed by atoms with Crippen LogP contribution in [-0.4, -0.2) is 56.8 Å². The Balaban J connectivity index is 1.55. The first-order chi connectivity index (χ1) is 15.1. The molecule has 1 unspecified atom stereocenters. The average Bonchev–Trinajstić information content (AvgIpc) is 3.46. The van der Waals surface area contributed by atoms with Gasteiger partial charge in [0.05, 0.1) is 0 Å². The molecule has 1 saturated heterocycles. The summed E-state index contributed by atoms with van der Waals surface area (Å²) in [5.74, 6) is 1.54. The largest absolute Gasteiger partial charge is 0.444 e. The maximum absolute atomic E-state index is 13.6. The van der Waals surface area contributed by atoms with Gasteiger partial charge in [-0.2, -0.15) is 4.98 Å². The van der Waals surface area contributed by atoms with E-state index in [4.69, 9.17) is 9.26 Å². The lowest BCUT2D eigenvalue weighted by Gasteiger charge is -2.47. The van der Waals surface area contributed by atoms with Crippen molar-refractivity contribution in [2.45, 2.75) is 83.5 Å². The lowest BCUT2D eigenvalue weighted by Crippen LogP contribution is -2.59. The molecule has 0 bridgehead atoms. The molecular formula is C24H33FN4O3. The van der Waals surface area contributed by atoms with E-state index >= 15 is 0 Å². The molecular weight excluding hydrogens is 411 g/mol. The molecule has 0 N–H and O–H groups in total. The molecule has 1 amide bonds. The zero-order chi connectivity index (χ0) is 23.0. The van der Waals surface area contributed by atoms with Gasteiger partial charge >= 0.3 is 6.09 Å². The number of piperazine rings is 1. The van der Waals surface area contributed by atoms with Gasteiger partial charge in [0.2, 0.25) is 5.89 Å². The molecule has 1 aromatic carbocycles. The van der Waals surface area contributed by atoms with Crippen LogP contribution in [0.2, 0.25) is 0 Å². The fraction of sp³-hybridized carbons (Fsp3) is 0.625. The molecule has 0 spiro atoms. The van der Waals surface area contributed by atoms with Crippen molar-refractivity contribution >= 4 is 6.09 Å². The molecule has 1 aliphatic carbocycles. The highest BCUT2D eigenvalue weighted by Crippen LogP contribution is 2.38. The van der Waals surface area contributed by atoms with Crippen LogP contribution in [-0.2, 0) is 11.2 Å². The highest BCUT2D eigenvalue weighted by Gasteiger charge is 2.38. The third-order valence-corrected chi connectivity index (χ3v) is 6.11. The average molecular weight is 445 g/mol. The minimum atomic E-state index is -0.537. The fourth-order valence-electron chi connectivity index (χ4n) is 4.30. The highest BCUT2D eigenvalue weighted by atomic mass is 19.1. The van der Waals surface area contributed by atoms with Gasteiger partial charge in [-0.3, -0.25) is 4.90 Å². The molecule has 1 aliphatic heterocycles. The van der Waals surface area contributed by atoms with E-state index in [1.54, 1.807) is 4.90 Å². The molecule has 2 aromatic rings. The number of nitrogens with zero attached hydrogens (tertiary/aromatic N) is 4. The number of amides is 1. The zero-order valence-electron chi connectivity index (χ0n) is 19.5. The van der Waals surface area contributed by atoms with Crippen molar-refractivity contribution in [3.05, 3.63) is 47.4 Å². The second-order valence-corrected chi connectivity index (χ2v) is 10.1. The quantitative estimate of drug-likeness (QED) is 0.666. The maximum atomic E-state index is 13.6. The van der Waals surface area contributed by atoms with E-state index in [-0.39, 0.29) is 30.0 Å². The van der Waals surface area contributed by atoms with Gasteiger partial charge < -0.3 is 14.2 Å². The van der Waals surface area contributed by atoms with Crippen LogP contribution in [0.5, 0.6) is 0 Å². The molecule has 2 aliphatic rings.